The number of rotatable bonds is 5. The number of aromatic nitrogens is 2. The van der Waals surface area contributed by atoms with Gasteiger partial charge in [0.15, 0.2) is 0 Å². The van der Waals surface area contributed by atoms with E-state index in [0.29, 0.717) is 11.8 Å². The highest BCUT2D eigenvalue weighted by Crippen LogP contribution is 2.20. The van der Waals surface area contributed by atoms with E-state index in [2.05, 4.69) is 45.1 Å². The molecule has 0 aliphatic carbocycles. The lowest BCUT2D eigenvalue weighted by molar-refractivity contribution is 0.477. The fourth-order valence-corrected chi connectivity index (χ4v) is 1.80. The van der Waals surface area contributed by atoms with Crippen LogP contribution in [-0.2, 0) is 0 Å². The van der Waals surface area contributed by atoms with Crippen molar-refractivity contribution >= 4 is 33.5 Å². The van der Waals surface area contributed by atoms with Crippen LogP contribution in [0.1, 0.15) is 26.7 Å². The Bertz CT molecular complexity index is 304. The lowest BCUT2D eigenvalue weighted by Crippen LogP contribution is -2.35. The van der Waals surface area contributed by atoms with Crippen LogP contribution in [0.4, 0.5) is 5.95 Å². The van der Waals surface area contributed by atoms with Crippen LogP contribution >= 0.6 is 27.5 Å². The molecule has 0 aromatic carbocycles. The molecule has 84 valence electrons. The lowest BCUT2D eigenvalue weighted by atomic mass is 9.96. The van der Waals surface area contributed by atoms with Crippen LogP contribution in [0.5, 0.6) is 0 Å². The normalized spacial score (nSPS) is 14.7. The summed E-state index contributed by atoms with van der Waals surface area (Å²) in [5, 5.41) is 3.31. The maximum Gasteiger partial charge on any atom is 0.223 e. The molecule has 3 nitrogen and oxygen atoms in total. The minimum Gasteiger partial charge on any atom is -0.349 e. The summed E-state index contributed by atoms with van der Waals surface area (Å²) in [6, 6.07) is 0. The van der Waals surface area contributed by atoms with Gasteiger partial charge in [0, 0.05) is 23.8 Å². The zero-order valence-electron chi connectivity index (χ0n) is 8.93. The van der Waals surface area contributed by atoms with Gasteiger partial charge in [0.2, 0.25) is 5.95 Å². The van der Waals surface area contributed by atoms with E-state index in [4.69, 9.17) is 11.6 Å². The van der Waals surface area contributed by atoms with Crippen molar-refractivity contribution in [3.63, 3.8) is 0 Å². The summed E-state index contributed by atoms with van der Waals surface area (Å²) < 4.78 is 0.878. The maximum absolute atomic E-state index is 5.77. The summed E-state index contributed by atoms with van der Waals surface area (Å²) in [4.78, 5) is 8.36. The van der Waals surface area contributed by atoms with Gasteiger partial charge in [-0.05, 0) is 35.7 Å². The van der Waals surface area contributed by atoms with Crippen LogP contribution in [0.3, 0.4) is 0 Å². The van der Waals surface area contributed by atoms with Gasteiger partial charge < -0.3 is 5.32 Å². The van der Waals surface area contributed by atoms with Crippen molar-refractivity contribution in [2.24, 2.45) is 0 Å². The zero-order valence-corrected chi connectivity index (χ0v) is 11.3. The van der Waals surface area contributed by atoms with E-state index in [1.54, 1.807) is 12.4 Å². The van der Waals surface area contributed by atoms with Gasteiger partial charge in [-0.15, -0.1) is 11.6 Å². The number of hydrogen-bond acceptors (Lipinski definition) is 3. The number of halogens is 2. The second-order valence-electron chi connectivity index (χ2n) is 3.70. The van der Waals surface area contributed by atoms with E-state index in [-0.39, 0.29) is 5.54 Å². The second kappa shape index (κ2) is 5.66. The van der Waals surface area contributed by atoms with Gasteiger partial charge in [-0.1, -0.05) is 6.92 Å². The summed E-state index contributed by atoms with van der Waals surface area (Å²) in [7, 11) is 0. The average Bonchev–Trinajstić information content (AvgIpc) is 2.22. The van der Waals surface area contributed by atoms with Gasteiger partial charge in [-0.25, -0.2) is 9.97 Å². The van der Waals surface area contributed by atoms with E-state index in [1.807, 2.05) is 0 Å². The van der Waals surface area contributed by atoms with Crippen molar-refractivity contribution in [1.29, 1.82) is 0 Å². The molecule has 0 saturated heterocycles. The van der Waals surface area contributed by atoms with E-state index in [9.17, 15) is 0 Å². The van der Waals surface area contributed by atoms with Crippen LogP contribution in [0.15, 0.2) is 16.9 Å². The monoisotopic (exact) mass is 291 g/mol. The van der Waals surface area contributed by atoms with Crippen molar-refractivity contribution in [3.8, 4) is 0 Å². The number of nitrogens with one attached hydrogen (secondary N) is 1. The summed E-state index contributed by atoms with van der Waals surface area (Å²) in [6.45, 7) is 4.25. The van der Waals surface area contributed by atoms with Gasteiger partial charge in [0.25, 0.3) is 0 Å². The molecule has 1 atom stereocenters. The number of alkyl halides is 1. The fraction of sp³-hybridized carbons (Fsp3) is 0.600. The molecule has 0 amide bonds. The Morgan fingerprint density at radius 2 is 2.07 bits per heavy atom. The first-order valence-electron chi connectivity index (χ1n) is 4.91. The van der Waals surface area contributed by atoms with Crippen LogP contribution in [0, 0.1) is 0 Å². The Kier molecular flexibility index (Phi) is 4.80. The smallest absolute Gasteiger partial charge is 0.223 e. The summed E-state index contributed by atoms with van der Waals surface area (Å²) >= 11 is 9.07. The predicted molar refractivity (Wildman–Crippen MR) is 67.4 cm³/mol. The van der Waals surface area contributed by atoms with Crippen molar-refractivity contribution in [1.82, 2.24) is 9.97 Å². The molecule has 5 heteroatoms. The van der Waals surface area contributed by atoms with Gasteiger partial charge in [0.1, 0.15) is 0 Å². The minimum atomic E-state index is -0.0322. The number of hydrogen-bond donors (Lipinski definition) is 1. The molecule has 0 aliphatic heterocycles. The topological polar surface area (TPSA) is 37.8 Å². The first kappa shape index (κ1) is 12.7. The summed E-state index contributed by atoms with van der Waals surface area (Å²) in [5.41, 5.74) is -0.0322. The Balaban J connectivity index is 2.70. The molecule has 1 aromatic rings. The molecular weight excluding hydrogens is 277 g/mol. The number of anilines is 1. The molecule has 1 heterocycles. The first-order chi connectivity index (χ1) is 7.09. The fourth-order valence-electron chi connectivity index (χ4n) is 1.18. The van der Waals surface area contributed by atoms with Crippen LogP contribution in [0.25, 0.3) is 0 Å². The van der Waals surface area contributed by atoms with Gasteiger partial charge in [0.05, 0.1) is 4.47 Å². The quantitative estimate of drug-likeness (QED) is 0.845. The van der Waals surface area contributed by atoms with Crippen molar-refractivity contribution in [2.45, 2.75) is 32.2 Å². The molecule has 0 saturated carbocycles. The highest BCUT2D eigenvalue weighted by atomic mass is 79.9. The molecule has 1 unspecified atom stereocenters. The predicted octanol–water partition coefficient (Wildman–Crippen LogP) is 3.45. The molecule has 15 heavy (non-hydrogen) atoms. The van der Waals surface area contributed by atoms with Gasteiger partial charge >= 0.3 is 0 Å². The first-order valence-corrected chi connectivity index (χ1v) is 6.24. The minimum absolute atomic E-state index is 0.0322. The Morgan fingerprint density at radius 3 is 2.53 bits per heavy atom. The van der Waals surface area contributed by atoms with Crippen molar-refractivity contribution in [3.05, 3.63) is 16.9 Å². The summed E-state index contributed by atoms with van der Waals surface area (Å²) in [5.74, 6) is 1.28. The van der Waals surface area contributed by atoms with Gasteiger partial charge in [-0.3, -0.25) is 0 Å². The average molecular weight is 293 g/mol. The van der Waals surface area contributed by atoms with Gasteiger partial charge in [-0.2, -0.15) is 0 Å². The third-order valence-corrected chi connectivity index (χ3v) is 3.06. The Hall–Kier alpha value is -0.350. The standard InChI is InChI=1S/C10H15BrClN3/c1-3-10(2,4-5-12)15-9-13-6-8(11)7-14-9/h6-7H,3-5H2,1-2H3,(H,13,14,15). The highest BCUT2D eigenvalue weighted by Gasteiger charge is 2.21. The maximum atomic E-state index is 5.77. The molecule has 0 spiro atoms. The molecule has 1 rings (SSSR count). The molecule has 1 N–H and O–H groups in total. The molecule has 1 aromatic heterocycles. The molecular formula is C10H15BrClN3. The van der Waals surface area contributed by atoms with Crippen LogP contribution < -0.4 is 5.32 Å². The summed E-state index contributed by atoms with van der Waals surface area (Å²) in [6.07, 6.45) is 5.34. The van der Waals surface area contributed by atoms with Crippen molar-refractivity contribution < 1.29 is 0 Å². The molecule has 0 aliphatic rings. The Morgan fingerprint density at radius 1 is 1.47 bits per heavy atom. The Labute approximate surface area is 104 Å². The molecule has 0 radical (unpaired) electrons. The van der Waals surface area contributed by atoms with E-state index in [0.717, 1.165) is 17.3 Å². The lowest BCUT2D eigenvalue weighted by Gasteiger charge is -2.28. The second-order valence-corrected chi connectivity index (χ2v) is 5.00. The van der Waals surface area contributed by atoms with E-state index in [1.165, 1.54) is 0 Å². The number of nitrogens with zero attached hydrogens (tertiary/aromatic N) is 2. The zero-order chi connectivity index (χ0) is 11.3. The third-order valence-electron chi connectivity index (χ3n) is 2.46. The largest absolute Gasteiger partial charge is 0.349 e. The SMILES string of the molecule is CCC(C)(CCCl)Nc1ncc(Br)cn1. The third kappa shape index (κ3) is 3.95. The molecule has 0 fully saturated rings. The van der Waals surface area contributed by atoms with Crippen LogP contribution in [-0.4, -0.2) is 21.4 Å². The van der Waals surface area contributed by atoms with Crippen molar-refractivity contribution in [2.75, 3.05) is 11.2 Å². The highest BCUT2D eigenvalue weighted by molar-refractivity contribution is 9.10. The van der Waals surface area contributed by atoms with E-state index >= 15 is 0 Å². The molecule has 0 bridgehead atoms. The van der Waals surface area contributed by atoms with Crippen LogP contribution in [0.2, 0.25) is 0 Å². The van der Waals surface area contributed by atoms with E-state index < -0.39 is 0 Å².